The minimum absolute atomic E-state index is 0.135. The van der Waals surface area contributed by atoms with Gasteiger partial charge in [-0.1, -0.05) is 13.0 Å². The normalized spacial score (nSPS) is 13.0. The molecule has 1 aromatic heterocycles. The average Bonchev–Trinajstić information content (AvgIpc) is 2.69. The van der Waals surface area contributed by atoms with Gasteiger partial charge in [0.05, 0.1) is 6.10 Å². The topological polar surface area (TPSA) is 32.3 Å². The highest BCUT2D eigenvalue weighted by Crippen LogP contribution is 2.07. The van der Waals surface area contributed by atoms with Gasteiger partial charge in [0.2, 0.25) is 0 Å². The quantitative estimate of drug-likeness (QED) is 0.679. The zero-order chi connectivity index (χ0) is 10.2. The number of aliphatic hydroxyl groups is 1. The second-order valence-corrected chi connectivity index (χ2v) is 4.46. The molecule has 0 bridgehead atoms. The van der Waals surface area contributed by atoms with Gasteiger partial charge < -0.3 is 10.4 Å². The Labute approximate surface area is 90.0 Å². The third-order valence-electron chi connectivity index (χ3n) is 2.25. The monoisotopic (exact) mass is 213 g/mol. The maximum atomic E-state index is 9.30. The molecule has 0 saturated carbocycles. The highest BCUT2D eigenvalue weighted by atomic mass is 32.1. The summed E-state index contributed by atoms with van der Waals surface area (Å²) in [6, 6.07) is 4.24. The zero-order valence-electron chi connectivity index (χ0n) is 8.70. The van der Waals surface area contributed by atoms with Crippen molar-refractivity contribution in [3.05, 3.63) is 22.4 Å². The van der Waals surface area contributed by atoms with Gasteiger partial charge in [-0.05, 0) is 43.8 Å². The summed E-state index contributed by atoms with van der Waals surface area (Å²) in [6.07, 6.45) is 2.68. The molecule has 0 fully saturated rings. The molecule has 2 nitrogen and oxygen atoms in total. The highest BCUT2D eigenvalue weighted by Gasteiger charge is 1.99. The van der Waals surface area contributed by atoms with E-state index in [9.17, 15) is 5.11 Å². The molecular formula is C11H19NOS. The van der Waals surface area contributed by atoms with E-state index < -0.39 is 0 Å². The summed E-state index contributed by atoms with van der Waals surface area (Å²) < 4.78 is 0. The average molecular weight is 213 g/mol. The van der Waals surface area contributed by atoms with Gasteiger partial charge in [-0.25, -0.2) is 0 Å². The van der Waals surface area contributed by atoms with E-state index in [0.29, 0.717) is 0 Å². The molecule has 0 amide bonds. The lowest BCUT2D eigenvalue weighted by Crippen LogP contribution is -2.22. The molecule has 1 aromatic rings. The fraction of sp³-hybridized carbons (Fsp3) is 0.636. The minimum Gasteiger partial charge on any atom is -0.393 e. The Morgan fingerprint density at radius 2 is 2.36 bits per heavy atom. The van der Waals surface area contributed by atoms with Gasteiger partial charge in [0.15, 0.2) is 0 Å². The van der Waals surface area contributed by atoms with Crippen molar-refractivity contribution >= 4 is 11.3 Å². The van der Waals surface area contributed by atoms with E-state index in [1.165, 1.54) is 4.88 Å². The van der Waals surface area contributed by atoms with Gasteiger partial charge in [-0.2, -0.15) is 0 Å². The second kappa shape index (κ2) is 6.98. The van der Waals surface area contributed by atoms with Crippen LogP contribution < -0.4 is 5.32 Å². The first kappa shape index (κ1) is 11.7. The van der Waals surface area contributed by atoms with Gasteiger partial charge >= 0.3 is 0 Å². The number of aliphatic hydroxyl groups excluding tert-OH is 1. The molecule has 0 saturated heterocycles. The van der Waals surface area contributed by atoms with Crippen molar-refractivity contribution in [1.29, 1.82) is 0 Å². The fourth-order valence-electron chi connectivity index (χ4n) is 1.26. The minimum atomic E-state index is -0.135. The van der Waals surface area contributed by atoms with Gasteiger partial charge in [0, 0.05) is 4.88 Å². The van der Waals surface area contributed by atoms with E-state index in [2.05, 4.69) is 22.8 Å². The number of hydrogen-bond donors (Lipinski definition) is 2. The van der Waals surface area contributed by atoms with E-state index >= 15 is 0 Å². The molecule has 1 rings (SSSR count). The Morgan fingerprint density at radius 3 is 3.00 bits per heavy atom. The Morgan fingerprint density at radius 1 is 1.50 bits per heavy atom. The first-order valence-electron chi connectivity index (χ1n) is 5.24. The van der Waals surface area contributed by atoms with Crippen LogP contribution in [0.3, 0.4) is 0 Å². The lowest BCUT2D eigenvalue weighted by atomic mass is 10.2. The molecule has 0 radical (unpaired) electrons. The van der Waals surface area contributed by atoms with Gasteiger partial charge in [0.25, 0.3) is 0 Å². The van der Waals surface area contributed by atoms with Crippen LogP contribution in [0.15, 0.2) is 17.5 Å². The third kappa shape index (κ3) is 4.74. The Kier molecular flexibility index (Phi) is 5.83. The van der Waals surface area contributed by atoms with Crippen LogP contribution in [0.1, 0.15) is 24.6 Å². The first-order valence-corrected chi connectivity index (χ1v) is 6.12. The van der Waals surface area contributed by atoms with Crippen molar-refractivity contribution in [3.63, 3.8) is 0 Å². The van der Waals surface area contributed by atoms with E-state index in [0.717, 1.165) is 32.4 Å². The summed E-state index contributed by atoms with van der Waals surface area (Å²) in [5.41, 5.74) is 0. The number of rotatable bonds is 7. The van der Waals surface area contributed by atoms with Crippen LogP contribution in [0, 0.1) is 0 Å². The van der Waals surface area contributed by atoms with Gasteiger partial charge in [0.1, 0.15) is 0 Å². The van der Waals surface area contributed by atoms with Crippen LogP contribution in [-0.2, 0) is 6.42 Å². The second-order valence-electron chi connectivity index (χ2n) is 3.43. The molecule has 3 heteroatoms. The fourth-order valence-corrected chi connectivity index (χ4v) is 1.97. The van der Waals surface area contributed by atoms with Crippen LogP contribution in [0.2, 0.25) is 0 Å². The molecule has 0 aromatic carbocycles. The lowest BCUT2D eigenvalue weighted by molar-refractivity contribution is 0.160. The summed E-state index contributed by atoms with van der Waals surface area (Å²) in [5, 5.41) is 14.7. The maximum Gasteiger partial charge on any atom is 0.0549 e. The van der Waals surface area contributed by atoms with Crippen molar-refractivity contribution in [3.8, 4) is 0 Å². The van der Waals surface area contributed by atoms with E-state index in [4.69, 9.17) is 0 Å². The van der Waals surface area contributed by atoms with Crippen molar-refractivity contribution < 1.29 is 5.11 Å². The predicted molar refractivity (Wildman–Crippen MR) is 61.8 cm³/mol. The lowest BCUT2D eigenvalue weighted by Gasteiger charge is -2.07. The smallest absolute Gasteiger partial charge is 0.0549 e. The molecule has 0 spiro atoms. The van der Waals surface area contributed by atoms with Crippen LogP contribution in [0.25, 0.3) is 0 Å². The molecule has 0 aliphatic heterocycles. The SMILES string of the molecule is CCC(O)CCNCCc1cccs1. The summed E-state index contributed by atoms with van der Waals surface area (Å²) >= 11 is 1.80. The van der Waals surface area contributed by atoms with Gasteiger partial charge in [-0.15, -0.1) is 11.3 Å². The van der Waals surface area contributed by atoms with E-state index in [-0.39, 0.29) is 6.10 Å². The molecule has 0 aliphatic rings. The Balaban J connectivity index is 1.95. The Hall–Kier alpha value is -0.380. The Bertz CT molecular complexity index is 223. The molecule has 2 N–H and O–H groups in total. The van der Waals surface area contributed by atoms with Crippen LogP contribution in [0.4, 0.5) is 0 Å². The number of thiophene rings is 1. The summed E-state index contributed by atoms with van der Waals surface area (Å²) in [5.74, 6) is 0. The van der Waals surface area contributed by atoms with Crippen molar-refractivity contribution in [2.45, 2.75) is 32.3 Å². The maximum absolute atomic E-state index is 9.30. The first-order chi connectivity index (χ1) is 6.83. The third-order valence-corrected chi connectivity index (χ3v) is 3.19. The molecule has 1 atom stereocenters. The molecule has 14 heavy (non-hydrogen) atoms. The largest absolute Gasteiger partial charge is 0.393 e. The van der Waals surface area contributed by atoms with Crippen LogP contribution >= 0.6 is 11.3 Å². The predicted octanol–water partition coefficient (Wildman–Crippen LogP) is 2.04. The zero-order valence-corrected chi connectivity index (χ0v) is 9.52. The molecular weight excluding hydrogens is 194 g/mol. The highest BCUT2D eigenvalue weighted by molar-refractivity contribution is 7.09. The van der Waals surface area contributed by atoms with Crippen molar-refractivity contribution in [2.75, 3.05) is 13.1 Å². The summed E-state index contributed by atoms with van der Waals surface area (Å²) in [7, 11) is 0. The summed E-state index contributed by atoms with van der Waals surface area (Å²) in [4.78, 5) is 1.42. The van der Waals surface area contributed by atoms with Crippen molar-refractivity contribution in [2.24, 2.45) is 0 Å². The number of hydrogen-bond acceptors (Lipinski definition) is 3. The molecule has 1 unspecified atom stereocenters. The van der Waals surface area contributed by atoms with Gasteiger partial charge in [-0.3, -0.25) is 0 Å². The van der Waals surface area contributed by atoms with Crippen LogP contribution in [-0.4, -0.2) is 24.3 Å². The summed E-state index contributed by atoms with van der Waals surface area (Å²) in [6.45, 7) is 3.94. The van der Waals surface area contributed by atoms with E-state index in [1.54, 1.807) is 11.3 Å². The van der Waals surface area contributed by atoms with E-state index in [1.807, 2.05) is 6.92 Å². The molecule has 80 valence electrons. The molecule has 1 heterocycles. The van der Waals surface area contributed by atoms with Crippen molar-refractivity contribution in [1.82, 2.24) is 5.32 Å². The molecule has 0 aliphatic carbocycles. The number of nitrogens with one attached hydrogen (secondary N) is 1. The van der Waals surface area contributed by atoms with Crippen LogP contribution in [0.5, 0.6) is 0 Å². The standard InChI is InChI=1S/C11H19NOS/c1-2-10(13)5-7-12-8-6-11-4-3-9-14-11/h3-4,9-10,12-13H,2,5-8H2,1H3.